The van der Waals surface area contributed by atoms with Crippen molar-refractivity contribution >= 4 is 58.2 Å². The van der Waals surface area contributed by atoms with Gasteiger partial charge in [-0.2, -0.15) is 0 Å². The molecule has 0 spiro atoms. The molecule has 0 saturated carbocycles. The summed E-state index contributed by atoms with van der Waals surface area (Å²) in [5.74, 6) is 0.558. The van der Waals surface area contributed by atoms with Crippen molar-refractivity contribution in [1.29, 1.82) is 0 Å². The highest BCUT2D eigenvalue weighted by Crippen LogP contribution is 2.38. The van der Waals surface area contributed by atoms with E-state index in [9.17, 15) is 9.59 Å². The Hall–Kier alpha value is -3.65. The molecule has 2 N–H and O–H groups in total. The summed E-state index contributed by atoms with van der Waals surface area (Å²) < 4.78 is 10.7. The first-order valence-electron chi connectivity index (χ1n) is 11.5. The van der Waals surface area contributed by atoms with Gasteiger partial charge in [0.05, 0.1) is 30.5 Å². The van der Waals surface area contributed by atoms with Crippen molar-refractivity contribution in [2.45, 2.75) is 10.1 Å². The molecule has 9 heteroatoms. The third kappa shape index (κ3) is 6.81. The van der Waals surface area contributed by atoms with Gasteiger partial charge in [-0.05, 0) is 60.2 Å². The highest BCUT2D eigenvalue weighted by atomic mass is 35.5. The largest absolute Gasteiger partial charge is 0.497 e. The van der Waals surface area contributed by atoms with E-state index in [-0.39, 0.29) is 16.8 Å². The van der Waals surface area contributed by atoms with E-state index >= 15 is 0 Å². The molecular weight excluding hydrogens is 543 g/mol. The quantitative estimate of drug-likeness (QED) is 0.203. The molecule has 0 saturated heterocycles. The van der Waals surface area contributed by atoms with Gasteiger partial charge in [-0.3, -0.25) is 9.59 Å². The minimum absolute atomic E-state index is 0.220. The van der Waals surface area contributed by atoms with E-state index in [1.807, 2.05) is 42.5 Å². The van der Waals surface area contributed by atoms with Gasteiger partial charge in [0, 0.05) is 21.7 Å². The van der Waals surface area contributed by atoms with Gasteiger partial charge in [0.2, 0.25) is 5.91 Å². The number of ether oxygens (including phenoxy) is 2. The minimum Gasteiger partial charge on any atom is -0.497 e. The highest BCUT2D eigenvalue weighted by molar-refractivity contribution is 8.00. The number of hydrogen-bond acceptors (Lipinski definition) is 5. The van der Waals surface area contributed by atoms with Crippen molar-refractivity contribution in [3.63, 3.8) is 0 Å². The number of carbonyl (C=O) groups excluding carboxylic acids is 2. The van der Waals surface area contributed by atoms with Crippen LogP contribution in [0.15, 0.2) is 95.9 Å². The van der Waals surface area contributed by atoms with E-state index in [1.54, 1.807) is 56.7 Å². The number of nitrogens with one attached hydrogen (secondary N) is 2. The fourth-order valence-electron chi connectivity index (χ4n) is 3.64. The lowest BCUT2D eigenvalue weighted by Gasteiger charge is -2.19. The molecule has 1 unspecified atom stereocenters. The van der Waals surface area contributed by atoms with Gasteiger partial charge >= 0.3 is 0 Å². The molecule has 6 nitrogen and oxygen atoms in total. The van der Waals surface area contributed by atoms with Crippen molar-refractivity contribution < 1.29 is 19.1 Å². The van der Waals surface area contributed by atoms with Gasteiger partial charge in [-0.15, -0.1) is 11.8 Å². The molecule has 4 aromatic carbocycles. The van der Waals surface area contributed by atoms with Crippen LogP contribution in [-0.4, -0.2) is 26.0 Å². The number of amides is 2. The Kier molecular flexibility index (Phi) is 9.18. The topological polar surface area (TPSA) is 76.7 Å². The van der Waals surface area contributed by atoms with Crippen molar-refractivity contribution in [2.24, 2.45) is 0 Å². The Morgan fingerprint density at radius 2 is 1.55 bits per heavy atom. The maximum Gasteiger partial charge on any atom is 0.257 e. The second-order valence-electron chi connectivity index (χ2n) is 8.07. The SMILES string of the molecule is COc1ccc(OC)c(NC(=O)C(Sc2ccc(NC(=O)c3ccc(Cl)cc3Cl)cc2)c2ccccc2)c1. The monoisotopic (exact) mass is 566 g/mol. The molecule has 4 rings (SSSR count). The Morgan fingerprint density at radius 3 is 2.21 bits per heavy atom. The summed E-state index contributed by atoms with van der Waals surface area (Å²) in [6.45, 7) is 0. The maximum absolute atomic E-state index is 13.5. The molecule has 38 heavy (non-hydrogen) atoms. The maximum atomic E-state index is 13.5. The molecule has 1 atom stereocenters. The molecule has 194 valence electrons. The smallest absolute Gasteiger partial charge is 0.257 e. The predicted molar refractivity (Wildman–Crippen MR) is 154 cm³/mol. The number of carbonyl (C=O) groups is 2. The summed E-state index contributed by atoms with van der Waals surface area (Å²) in [6, 6.07) is 26.7. The lowest BCUT2D eigenvalue weighted by Crippen LogP contribution is -2.19. The number of rotatable bonds is 9. The third-order valence-electron chi connectivity index (χ3n) is 5.55. The molecule has 0 aliphatic carbocycles. The summed E-state index contributed by atoms with van der Waals surface area (Å²) in [5.41, 5.74) is 2.26. The van der Waals surface area contributed by atoms with E-state index in [1.165, 1.54) is 17.8 Å². The average molecular weight is 567 g/mol. The van der Waals surface area contributed by atoms with Crippen LogP contribution in [0.2, 0.25) is 10.0 Å². The standard InChI is InChI=1S/C29H24Cl2N2O4S/c1-36-21-11-15-26(37-2)25(17-21)33-29(35)27(18-6-4-3-5-7-18)38-22-12-9-20(10-13-22)32-28(34)23-14-8-19(30)16-24(23)31/h3-17,27H,1-2H3,(H,32,34)(H,33,35). The van der Waals surface area contributed by atoms with Crippen molar-refractivity contribution in [2.75, 3.05) is 24.9 Å². The van der Waals surface area contributed by atoms with Crippen molar-refractivity contribution in [3.8, 4) is 11.5 Å². The van der Waals surface area contributed by atoms with E-state index in [0.717, 1.165) is 10.5 Å². The average Bonchev–Trinajstić information content (AvgIpc) is 2.92. The Bertz CT molecular complexity index is 1430. The first kappa shape index (κ1) is 27.4. The van der Waals surface area contributed by atoms with Gasteiger partial charge in [0.15, 0.2) is 0 Å². The molecule has 0 radical (unpaired) electrons. The number of methoxy groups -OCH3 is 2. The summed E-state index contributed by atoms with van der Waals surface area (Å²) in [7, 11) is 3.11. The summed E-state index contributed by atoms with van der Waals surface area (Å²) in [6.07, 6.45) is 0. The molecule has 4 aromatic rings. The zero-order chi connectivity index (χ0) is 27.1. The van der Waals surface area contributed by atoms with Crippen LogP contribution in [0.25, 0.3) is 0 Å². The van der Waals surface area contributed by atoms with Crippen LogP contribution in [0, 0.1) is 0 Å². The molecule has 0 fully saturated rings. The Morgan fingerprint density at radius 1 is 0.816 bits per heavy atom. The number of hydrogen-bond donors (Lipinski definition) is 2. The van der Waals surface area contributed by atoms with Crippen molar-refractivity contribution in [3.05, 3.63) is 112 Å². The number of thioether (sulfide) groups is 1. The molecule has 0 heterocycles. The first-order chi connectivity index (χ1) is 18.4. The molecule has 0 aromatic heterocycles. The lowest BCUT2D eigenvalue weighted by atomic mass is 10.1. The fourth-order valence-corrected chi connectivity index (χ4v) is 5.15. The Balaban J connectivity index is 1.52. The summed E-state index contributed by atoms with van der Waals surface area (Å²) in [5, 5.41) is 5.97. The van der Waals surface area contributed by atoms with Crippen LogP contribution >= 0.6 is 35.0 Å². The van der Waals surface area contributed by atoms with Crippen molar-refractivity contribution in [1.82, 2.24) is 0 Å². The number of anilines is 2. The Labute approximate surface area is 235 Å². The van der Waals surface area contributed by atoms with Crippen LogP contribution in [0.1, 0.15) is 21.2 Å². The highest BCUT2D eigenvalue weighted by Gasteiger charge is 2.23. The zero-order valence-corrected chi connectivity index (χ0v) is 22.9. The molecule has 0 bridgehead atoms. The van der Waals surface area contributed by atoms with Crippen LogP contribution in [-0.2, 0) is 4.79 Å². The van der Waals surface area contributed by atoms with Crippen LogP contribution in [0.3, 0.4) is 0 Å². The lowest BCUT2D eigenvalue weighted by molar-refractivity contribution is -0.115. The number of halogens is 2. The third-order valence-corrected chi connectivity index (χ3v) is 7.36. The van der Waals surface area contributed by atoms with Gasteiger partial charge < -0.3 is 20.1 Å². The van der Waals surface area contributed by atoms with Gasteiger partial charge in [0.25, 0.3) is 5.91 Å². The van der Waals surface area contributed by atoms with E-state index in [4.69, 9.17) is 32.7 Å². The second kappa shape index (κ2) is 12.7. The molecule has 2 amide bonds. The summed E-state index contributed by atoms with van der Waals surface area (Å²) in [4.78, 5) is 27.0. The molecule has 0 aliphatic heterocycles. The van der Waals surface area contributed by atoms with Gasteiger partial charge in [0.1, 0.15) is 16.7 Å². The zero-order valence-electron chi connectivity index (χ0n) is 20.5. The number of benzene rings is 4. The normalized spacial score (nSPS) is 11.4. The van der Waals surface area contributed by atoms with Crippen LogP contribution in [0.4, 0.5) is 11.4 Å². The molecular formula is C29H24Cl2N2O4S. The van der Waals surface area contributed by atoms with Gasteiger partial charge in [-0.25, -0.2) is 0 Å². The fraction of sp³-hybridized carbons (Fsp3) is 0.103. The van der Waals surface area contributed by atoms with E-state index < -0.39 is 5.25 Å². The predicted octanol–water partition coefficient (Wildman–Crippen LogP) is 7.74. The minimum atomic E-state index is -0.555. The van der Waals surface area contributed by atoms with Crippen LogP contribution in [0.5, 0.6) is 11.5 Å². The summed E-state index contributed by atoms with van der Waals surface area (Å²) >= 11 is 13.5. The van der Waals surface area contributed by atoms with E-state index in [2.05, 4.69) is 10.6 Å². The first-order valence-corrected chi connectivity index (χ1v) is 13.1. The van der Waals surface area contributed by atoms with Gasteiger partial charge in [-0.1, -0.05) is 53.5 Å². The van der Waals surface area contributed by atoms with E-state index in [0.29, 0.717) is 33.5 Å². The molecule has 0 aliphatic rings. The second-order valence-corrected chi connectivity index (χ2v) is 10.1. The van der Waals surface area contributed by atoms with Crippen LogP contribution < -0.4 is 20.1 Å².